The number of hydrogen-bond acceptors (Lipinski definition) is 1. The fraction of sp³-hybridized carbons (Fsp3) is 0. The monoisotopic (exact) mass is 335 g/mol. The maximum atomic E-state index is 4.26. The van der Waals surface area contributed by atoms with Gasteiger partial charge < -0.3 is 9.97 Å². The number of fused-ring (bicyclic) bond motifs is 6. The molecule has 0 fully saturated rings. The Labute approximate surface area is 150 Å². The fourth-order valence-corrected chi connectivity index (χ4v) is 3.48. The molecule has 2 N–H and O–H groups in total. The summed E-state index contributed by atoms with van der Waals surface area (Å²) >= 11 is 0. The van der Waals surface area contributed by atoms with Crippen molar-refractivity contribution in [3.05, 3.63) is 91.1 Å². The Bertz CT molecular complexity index is 1130. The molecular weight excluding hydrogens is 318 g/mol. The number of aromatic amines is 2. The van der Waals surface area contributed by atoms with E-state index in [4.69, 9.17) is 0 Å². The first-order valence-electron chi connectivity index (χ1n) is 8.67. The third kappa shape index (κ3) is 2.42. The number of hydrogen-bond donors (Lipinski definition) is 2. The average molecular weight is 335 g/mol. The van der Waals surface area contributed by atoms with Crippen molar-refractivity contribution < 1.29 is 0 Å². The molecule has 124 valence electrons. The molecule has 0 bridgehead atoms. The lowest BCUT2D eigenvalue weighted by molar-refractivity contribution is 1.35. The van der Waals surface area contributed by atoms with Gasteiger partial charge in [-0.05, 0) is 30.3 Å². The summed E-state index contributed by atoms with van der Waals surface area (Å²) in [5.74, 6) is 0. The zero-order valence-corrected chi connectivity index (χ0v) is 14.1. The first-order valence-corrected chi connectivity index (χ1v) is 8.67. The van der Waals surface area contributed by atoms with Crippen LogP contribution in [-0.4, -0.2) is 15.0 Å². The van der Waals surface area contributed by atoms with Gasteiger partial charge in [-0.2, -0.15) is 0 Å². The SMILES string of the molecule is c1ccc2c(c1)[nH]c1ccccc12.c1ccc2c(c1)[nH]c1ncccc12. The molecule has 3 aromatic carbocycles. The highest BCUT2D eigenvalue weighted by atomic mass is 14.8. The van der Waals surface area contributed by atoms with Crippen LogP contribution in [0.4, 0.5) is 0 Å². The van der Waals surface area contributed by atoms with Crippen molar-refractivity contribution in [2.75, 3.05) is 0 Å². The summed E-state index contributed by atoms with van der Waals surface area (Å²) in [7, 11) is 0. The number of H-pyrrole nitrogens is 2. The zero-order chi connectivity index (χ0) is 17.3. The molecule has 0 aliphatic heterocycles. The number of rotatable bonds is 0. The van der Waals surface area contributed by atoms with Crippen LogP contribution < -0.4 is 0 Å². The Hall–Kier alpha value is -3.59. The number of para-hydroxylation sites is 3. The largest absolute Gasteiger partial charge is 0.355 e. The summed E-state index contributed by atoms with van der Waals surface area (Å²) in [4.78, 5) is 10.9. The predicted octanol–water partition coefficient (Wildman–Crippen LogP) is 6.04. The molecule has 3 nitrogen and oxygen atoms in total. The first-order chi connectivity index (χ1) is 12.9. The minimum atomic E-state index is 0.962. The van der Waals surface area contributed by atoms with Crippen LogP contribution in [0, 0.1) is 0 Å². The van der Waals surface area contributed by atoms with Gasteiger partial charge in [-0.15, -0.1) is 0 Å². The average Bonchev–Trinajstić information content (AvgIpc) is 3.27. The Morgan fingerprint density at radius 3 is 1.54 bits per heavy atom. The van der Waals surface area contributed by atoms with Crippen molar-refractivity contribution in [2.45, 2.75) is 0 Å². The normalized spacial score (nSPS) is 11.1. The maximum absolute atomic E-state index is 4.26. The topological polar surface area (TPSA) is 44.5 Å². The molecular formula is C23H17N3. The summed E-state index contributed by atoms with van der Waals surface area (Å²) < 4.78 is 0. The minimum absolute atomic E-state index is 0.962. The first kappa shape index (κ1) is 14.7. The molecule has 3 aromatic heterocycles. The molecule has 0 aliphatic carbocycles. The lowest BCUT2D eigenvalue weighted by atomic mass is 10.2. The highest BCUT2D eigenvalue weighted by molar-refractivity contribution is 6.07. The summed E-state index contributed by atoms with van der Waals surface area (Å²) in [5, 5.41) is 5.04. The Kier molecular flexibility index (Phi) is 3.42. The molecule has 0 saturated heterocycles. The van der Waals surface area contributed by atoms with E-state index in [1.54, 1.807) is 6.20 Å². The molecule has 0 saturated carbocycles. The van der Waals surface area contributed by atoms with E-state index in [0.29, 0.717) is 0 Å². The fourth-order valence-electron chi connectivity index (χ4n) is 3.48. The van der Waals surface area contributed by atoms with Crippen LogP contribution >= 0.6 is 0 Å². The molecule has 0 atom stereocenters. The number of benzene rings is 3. The number of aromatic nitrogens is 3. The van der Waals surface area contributed by atoms with Crippen LogP contribution in [0.15, 0.2) is 91.1 Å². The van der Waals surface area contributed by atoms with Gasteiger partial charge in [0.25, 0.3) is 0 Å². The summed E-state index contributed by atoms with van der Waals surface area (Å²) in [6, 6.07) is 29.0. The molecule has 0 aliphatic rings. The highest BCUT2D eigenvalue weighted by Crippen LogP contribution is 2.24. The summed E-state index contributed by atoms with van der Waals surface area (Å²) in [6.07, 6.45) is 1.80. The smallest absolute Gasteiger partial charge is 0.138 e. The standard InChI is InChI=1S/C12H9N.C11H8N2/c1-3-7-11-9(5-1)10-6-2-4-8-12(10)13-11;1-2-6-10-8(4-1)9-5-3-7-12-11(9)13-10/h1-8,13H;1-7H,(H,12,13). The van der Waals surface area contributed by atoms with E-state index >= 15 is 0 Å². The zero-order valence-electron chi connectivity index (χ0n) is 14.1. The van der Waals surface area contributed by atoms with E-state index < -0.39 is 0 Å². The van der Waals surface area contributed by atoms with Gasteiger partial charge in [0, 0.05) is 44.3 Å². The van der Waals surface area contributed by atoms with E-state index in [1.807, 2.05) is 18.2 Å². The van der Waals surface area contributed by atoms with E-state index in [0.717, 1.165) is 11.2 Å². The van der Waals surface area contributed by atoms with Gasteiger partial charge in [0.2, 0.25) is 0 Å². The van der Waals surface area contributed by atoms with Crippen molar-refractivity contribution in [2.24, 2.45) is 0 Å². The van der Waals surface area contributed by atoms with Crippen LogP contribution in [-0.2, 0) is 0 Å². The third-order valence-electron chi connectivity index (χ3n) is 4.69. The summed E-state index contributed by atoms with van der Waals surface area (Å²) in [6.45, 7) is 0. The van der Waals surface area contributed by atoms with E-state index in [-0.39, 0.29) is 0 Å². The predicted molar refractivity (Wildman–Crippen MR) is 109 cm³/mol. The van der Waals surface area contributed by atoms with Crippen molar-refractivity contribution in [3.63, 3.8) is 0 Å². The molecule has 0 spiro atoms. The van der Waals surface area contributed by atoms with Crippen LogP contribution in [0.3, 0.4) is 0 Å². The van der Waals surface area contributed by atoms with Crippen molar-refractivity contribution >= 4 is 43.7 Å². The Balaban J connectivity index is 0.000000115. The van der Waals surface area contributed by atoms with Gasteiger partial charge in [-0.1, -0.05) is 54.6 Å². The number of nitrogens with zero attached hydrogens (tertiary/aromatic N) is 1. The van der Waals surface area contributed by atoms with Crippen molar-refractivity contribution in [3.8, 4) is 0 Å². The second-order valence-electron chi connectivity index (χ2n) is 6.29. The van der Waals surface area contributed by atoms with Gasteiger partial charge in [-0.3, -0.25) is 0 Å². The molecule has 3 heteroatoms. The lowest BCUT2D eigenvalue weighted by Gasteiger charge is -1.87. The molecule has 6 aromatic rings. The summed E-state index contributed by atoms with van der Waals surface area (Å²) in [5.41, 5.74) is 4.53. The van der Waals surface area contributed by atoms with Crippen molar-refractivity contribution in [1.82, 2.24) is 15.0 Å². The quantitative estimate of drug-likeness (QED) is 0.349. The molecule has 0 unspecified atom stereocenters. The molecule has 0 radical (unpaired) electrons. The van der Waals surface area contributed by atoms with Gasteiger partial charge >= 0.3 is 0 Å². The van der Waals surface area contributed by atoms with E-state index in [2.05, 4.69) is 81.7 Å². The Morgan fingerprint density at radius 1 is 0.462 bits per heavy atom. The third-order valence-corrected chi connectivity index (χ3v) is 4.69. The molecule has 0 amide bonds. The van der Waals surface area contributed by atoms with Crippen LogP contribution in [0.2, 0.25) is 0 Å². The van der Waals surface area contributed by atoms with Crippen LogP contribution in [0.5, 0.6) is 0 Å². The number of nitrogens with one attached hydrogen (secondary N) is 2. The van der Waals surface area contributed by atoms with E-state index in [1.165, 1.54) is 32.6 Å². The number of pyridine rings is 1. The molecule has 3 heterocycles. The highest BCUT2D eigenvalue weighted by Gasteiger charge is 2.02. The van der Waals surface area contributed by atoms with Crippen LogP contribution in [0.1, 0.15) is 0 Å². The van der Waals surface area contributed by atoms with Crippen molar-refractivity contribution in [1.29, 1.82) is 0 Å². The minimum Gasteiger partial charge on any atom is -0.355 e. The second kappa shape index (κ2) is 6.05. The van der Waals surface area contributed by atoms with E-state index in [9.17, 15) is 0 Å². The molecule has 6 rings (SSSR count). The van der Waals surface area contributed by atoms with Gasteiger partial charge in [0.1, 0.15) is 5.65 Å². The van der Waals surface area contributed by atoms with Gasteiger partial charge in [0.15, 0.2) is 0 Å². The maximum Gasteiger partial charge on any atom is 0.138 e. The Morgan fingerprint density at radius 2 is 0.923 bits per heavy atom. The van der Waals surface area contributed by atoms with Gasteiger partial charge in [0.05, 0.1) is 0 Å². The second-order valence-corrected chi connectivity index (χ2v) is 6.29. The molecule has 26 heavy (non-hydrogen) atoms. The lowest BCUT2D eigenvalue weighted by Crippen LogP contribution is -1.71. The van der Waals surface area contributed by atoms with Gasteiger partial charge in [-0.25, -0.2) is 4.98 Å². The van der Waals surface area contributed by atoms with Crippen LogP contribution in [0.25, 0.3) is 43.7 Å².